The number of nitrogens with zero attached hydrogens (tertiary/aromatic N) is 4. The zero-order valence-corrected chi connectivity index (χ0v) is 12.1. The summed E-state index contributed by atoms with van der Waals surface area (Å²) in [5.41, 5.74) is 0. The van der Waals surface area contributed by atoms with Gasteiger partial charge in [-0.1, -0.05) is 0 Å². The molecule has 0 amide bonds. The van der Waals surface area contributed by atoms with Gasteiger partial charge >= 0.3 is 0 Å². The van der Waals surface area contributed by atoms with E-state index in [2.05, 4.69) is 30.9 Å². The van der Waals surface area contributed by atoms with Gasteiger partial charge in [-0.15, -0.1) is 0 Å². The number of ether oxygens (including phenoxy) is 1. The Morgan fingerprint density at radius 1 is 1.30 bits per heavy atom. The minimum absolute atomic E-state index is 0.0577. The molecule has 2 aromatic heterocycles. The number of anilines is 1. The molecule has 0 aromatic carbocycles. The second-order valence-corrected chi connectivity index (χ2v) is 5.34. The van der Waals surface area contributed by atoms with Crippen molar-refractivity contribution in [2.24, 2.45) is 0 Å². The highest BCUT2D eigenvalue weighted by Gasteiger charge is 2.26. The molecule has 1 aliphatic heterocycles. The molecule has 104 valence electrons. The largest absolute Gasteiger partial charge is 0.487 e. The van der Waals surface area contributed by atoms with Crippen molar-refractivity contribution in [2.75, 3.05) is 18.0 Å². The second-order valence-electron chi connectivity index (χ2n) is 4.48. The van der Waals surface area contributed by atoms with Gasteiger partial charge in [0.2, 0.25) is 5.95 Å². The molecule has 20 heavy (non-hydrogen) atoms. The predicted octanol–water partition coefficient (Wildman–Crippen LogP) is 2.43. The average molecular weight is 339 g/mol. The van der Waals surface area contributed by atoms with E-state index in [1.807, 2.05) is 11.0 Å². The lowest BCUT2D eigenvalue weighted by atomic mass is 10.3. The lowest BCUT2D eigenvalue weighted by molar-refractivity contribution is 0.223. The molecule has 0 N–H and O–H groups in total. The minimum Gasteiger partial charge on any atom is -0.487 e. The number of hydrogen-bond donors (Lipinski definition) is 0. The van der Waals surface area contributed by atoms with Crippen LogP contribution in [0.2, 0.25) is 0 Å². The first-order chi connectivity index (χ1) is 9.72. The van der Waals surface area contributed by atoms with Crippen LogP contribution in [0.3, 0.4) is 0 Å². The van der Waals surface area contributed by atoms with Gasteiger partial charge in [0.05, 0.1) is 23.4 Å². The van der Waals surface area contributed by atoms with Crippen molar-refractivity contribution < 1.29 is 9.13 Å². The van der Waals surface area contributed by atoms with Crippen molar-refractivity contribution in [1.29, 1.82) is 0 Å². The Hall–Kier alpha value is -1.76. The Bertz CT molecular complexity index is 595. The molecule has 0 radical (unpaired) electrons. The molecule has 7 heteroatoms. The molecule has 1 atom stereocenters. The molecular weight excluding hydrogens is 327 g/mol. The first-order valence-electron chi connectivity index (χ1n) is 6.21. The average Bonchev–Trinajstić information content (AvgIpc) is 2.91. The quantitative estimate of drug-likeness (QED) is 0.860. The predicted molar refractivity (Wildman–Crippen MR) is 75.2 cm³/mol. The Balaban J connectivity index is 1.65. The Kier molecular flexibility index (Phi) is 3.77. The molecule has 1 saturated heterocycles. The van der Waals surface area contributed by atoms with Gasteiger partial charge in [0.1, 0.15) is 11.9 Å². The SMILES string of the molecule is Fc1cnc(N2CCC(Oc3ccncc3Br)C2)nc1. The van der Waals surface area contributed by atoms with Crippen LogP contribution in [0.1, 0.15) is 6.42 Å². The third kappa shape index (κ3) is 2.87. The van der Waals surface area contributed by atoms with Gasteiger partial charge in [0, 0.05) is 25.4 Å². The Morgan fingerprint density at radius 2 is 2.10 bits per heavy atom. The van der Waals surface area contributed by atoms with Gasteiger partial charge in [-0.3, -0.25) is 4.98 Å². The van der Waals surface area contributed by atoms with Crippen LogP contribution in [0.5, 0.6) is 5.75 Å². The molecule has 3 rings (SSSR count). The number of halogens is 2. The number of aromatic nitrogens is 3. The van der Waals surface area contributed by atoms with Crippen LogP contribution in [0.15, 0.2) is 35.3 Å². The molecule has 0 saturated carbocycles. The van der Waals surface area contributed by atoms with Crippen molar-refractivity contribution in [3.05, 3.63) is 41.1 Å². The van der Waals surface area contributed by atoms with Gasteiger partial charge in [-0.25, -0.2) is 14.4 Å². The fourth-order valence-electron chi connectivity index (χ4n) is 2.11. The maximum Gasteiger partial charge on any atom is 0.225 e. The summed E-state index contributed by atoms with van der Waals surface area (Å²) < 4.78 is 19.6. The van der Waals surface area contributed by atoms with Crippen LogP contribution in [-0.2, 0) is 0 Å². The summed E-state index contributed by atoms with van der Waals surface area (Å²) in [6.07, 6.45) is 6.67. The standard InChI is InChI=1S/C13H12BrFN4O/c14-11-7-16-3-1-12(11)20-10-2-4-19(8-10)13-17-5-9(15)6-18-13/h1,3,5-7,10H,2,4,8H2. The van der Waals surface area contributed by atoms with Crippen LogP contribution in [-0.4, -0.2) is 34.1 Å². The molecule has 5 nitrogen and oxygen atoms in total. The third-order valence-corrected chi connectivity index (χ3v) is 3.66. The summed E-state index contributed by atoms with van der Waals surface area (Å²) in [6.45, 7) is 1.47. The lowest BCUT2D eigenvalue weighted by Crippen LogP contribution is -2.26. The summed E-state index contributed by atoms with van der Waals surface area (Å²) in [5.74, 6) is 0.875. The topological polar surface area (TPSA) is 51.1 Å². The van der Waals surface area contributed by atoms with Crippen LogP contribution < -0.4 is 9.64 Å². The van der Waals surface area contributed by atoms with E-state index in [0.29, 0.717) is 12.5 Å². The van der Waals surface area contributed by atoms with E-state index >= 15 is 0 Å². The maximum absolute atomic E-state index is 12.8. The van der Waals surface area contributed by atoms with Crippen molar-refractivity contribution in [1.82, 2.24) is 15.0 Å². The monoisotopic (exact) mass is 338 g/mol. The van der Waals surface area contributed by atoms with Crippen LogP contribution in [0.25, 0.3) is 0 Å². The first kappa shape index (κ1) is 13.2. The fraction of sp³-hybridized carbons (Fsp3) is 0.308. The fourth-order valence-corrected chi connectivity index (χ4v) is 2.46. The zero-order valence-electron chi connectivity index (χ0n) is 10.5. The minimum atomic E-state index is -0.429. The normalized spacial score (nSPS) is 18.3. The van der Waals surface area contributed by atoms with Crippen molar-refractivity contribution >= 4 is 21.9 Å². The summed E-state index contributed by atoms with van der Waals surface area (Å²) in [6, 6.07) is 1.82. The van der Waals surface area contributed by atoms with E-state index in [9.17, 15) is 4.39 Å². The molecule has 0 aliphatic carbocycles. The van der Waals surface area contributed by atoms with E-state index in [1.165, 1.54) is 12.4 Å². The molecule has 0 spiro atoms. The summed E-state index contributed by atoms with van der Waals surface area (Å²) >= 11 is 3.40. The number of hydrogen-bond acceptors (Lipinski definition) is 5. The van der Waals surface area contributed by atoms with Crippen LogP contribution in [0.4, 0.5) is 10.3 Å². The van der Waals surface area contributed by atoms with Crippen molar-refractivity contribution in [3.8, 4) is 5.75 Å². The molecule has 1 fully saturated rings. The number of rotatable bonds is 3. The Labute approximate surface area is 124 Å². The molecule has 1 unspecified atom stereocenters. The van der Waals surface area contributed by atoms with Crippen molar-refractivity contribution in [2.45, 2.75) is 12.5 Å². The summed E-state index contributed by atoms with van der Waals surface area (Å²) in [4.78, 5) is 14.0. The van der Waals surface area contributed by atoms with Crippen LogP contribution in [0, 0.1) is 5.82 Å². The number of pyridine rings is 1. The molecule has 1 aliphatic rings. The smallest absolute Gasteiger partial charge is 0.225 e. The zero-order chi connectivity index (χ0) is 13.9. The summed E-state index contributed by atoms with van der Waals surface area (Å²) in [5, 5.41) is 0. The van der Waals surface area contributed by atoms with E-state index in [-0.39, 0.29) is 6.10 Å². The van der Waals surface area contributed by atoms with E-state index < -0.39 is 5.82 Å². The van der Waals surface area contributed by atoms with Gasteiger partial charge in [0.25, 0.3) is 0 Å². The highest BCUT2D eigenvalue weighted by Crippen LogP contribution is 2.26. The van der Waals surface area contributed by atoms with E-state index in [4.69, 9.17) is 4.74 Å². The molecule has 0 bridgehead atoms. The maximum atomic E-state index is 12.8. The lowest BCUT2D eigenvalue weighted by Gasteiger charge is -2.17. The first-order valence-corrected chi connectivity index (χ1v) is 7.00. The van der Waals surface area contributed by atoms with Crippen LogP contribution >= 0.6 is 15.9 Å². The highest BCUT2D eigenvalue weighted by molar-refractivity contribution is 9.10. The third-order valence-electron chi connectivity index (χ3n) is 3.06. The van der Waals surface area contributed by atoms with Gasteiger partial charge in [-0.05, 0) is 22.0 Å². The van der Waals surface area contributed by atoms with Crippen molar-refractivity contribution in [3.63, 3.8) is 0 Å². The van der Waals surface area contributed by atoms with Gasteiger partial charge in [0.15, 0.2) is 5.82 Å². The van der Waals surface area contributed by atoms with Gasteiger partial charge < -0.3 is 9.64 Å². The molecule has 2 aromatic rings. The Morgan fingerprint density at radius 3 is 2.85 bits per heavy atom. The molecular formula is C13H12BrFN4O. The highest BCUT2D eigenvalue weighted by atomic mass is 79.9. The summed E-state index contributed by atoms with van der Waals surface area (Å²) in [7, 11) is 0. The second kappa shape index (κ2) is 5.70. The van der Waals surface area contributed by atoms with Gasteiger partial charge in [-0.2, -0.15) is 0 Å². The van der Waals surface area contributed by atoms with E-state index in [0.717, 1.165) is 23.2 Å². The molecule has 3 heterocycles. The van der Waals surface area contributed by atoms with E-state index in [1.54, 1.807) is 12.4 Å².